The molecule has 27 heavy (non-hydrogen) atoms. The van der Waals surface area contributed by atoms with E-state index in [0.717, 1.165) is 18.4 Å². The average Bonchev–Trinajstić information content (AvgIpc) is 3.20. The van der Waals surface area contributed by atoms with E-state index >= 15 is 0 Å². The first-order chi connectivity index (χ1) is 13.1. The van der Waals surface area contributed by atoms with Crippen LogP contribution in [0.15, 0.2) is 42.5 Å². The first-order valence-corrected chi connectivity index (χ1v) is 8.98. The van der Waals surface area contributed by atoms with Crippen LogP contribution in [-0.4, -0.2) is 44.3 Å². The van der Waals surface area contributed by atoms with Crippen LogP contribution in [0.1, 0.15) is 28.8 Å². The van der Waals surface area contributed by atoms with E-state index in [4.69, 9.17) is 14.2 Å². The monoisotopic (exact) mass is 373 g/mol. The van der Waals surface area contributed by atoms with Crippen molar-refractivity contribution < 1.29 is 23.4 Å². The summed E-state index contributed by atoms with van der Waals surface area (Å²) < 4.78 is 30.4. The topological polar surface area (TPSA) is 48.0 Å². The van der Waals surface area contributed by atoms with Crippen LogP contribution in [-0.2, 0) is 11.3 Å². The Bertz CT molecular complexity index is 790. The van der Waals surface area contributed by atoms with Crippen LogP contribution >= 0.6 is 0 Å². The molecule has 0 radical (unpaired) electrons. The molecule has 1 fully saturated rings. The summed E-state index contributed by atoms with van der Waals surface area (Å²) >= 11 is 0. The number of benzene rings is 2. The molecular weight excluding hydrogens is 349 g/mol. The molecule has 1 unspecified atom stereocenters. The molecule has 0 spiro atoms. The van der Waals surface area contributed by atoms with E-state index in [9.17, 15) is 9.18 Å². The maximum atomic E-state index is 14.4. The van der Waals surface area contributed by atoms with E-state index in [1.165, 1.54) is 19.2 Å². The number of amides is 1. The molecule has 2 aromatic carbocycles. The maximum absolute atomic E-state index is 14.4. The summed E-state index contributed by atoms with van der Waals surface area (Å²) in [5.74, 6) is 0.131. The first-order valence-electron chi connectivity index (χ1n) is 8.98. The third-order valence-corrected chi connectivity index (χ3v) is 4.65. The van der Waals surface area contributed by atoms with Gasteiger partial charge in [-0.05, 0) is 42.7 Å². The fourth-order valence-corrected chi connectivity index (χ4v) is 3.21. The van der Waals surface area contributed by atoms with Gasteiger partial charge in [0.15, 0.2) is 0 Å². The zero-order valence-corrected chi connectivity index (χ0v) is 15.6. The lowest BCUT2D eigenvalue weighted by Gasteiger charge is -2.26. The standard InChI is InChI=1S/C21H24FNO4/c1-25-16-6-3-5-15(11-16)13-23(14-18-7-4-10-27-18)21(24)19-9-8-17(26-2)12-20(19)22/h3,5-6,8-9,11-12,18H,4,7,10,13-14H2,1-2H3. The molecule has 1 amide bonds. The number of methoxy groups -OCH3 is 2. The quantitative estimate of drug-likeness (QED) is 0.743. The molecule has 0 bridgehead atoms. The summed E-state index contributed by atoms with van der Waals surface area (Å²) in [5, 5.41) is 0. The number of hydrogen-bond donors (Lipinski definition) is 0. The van der Waals surface area contributed by atoms with E-state index in [2.05, 4.69) is 0 Å². The molecule has 0 aromatic heterocycles. The summed E-state index contributed by atoms with van der Waals surface area (Å²) in [6.45, 7) is 1.46. The molecule has 1 atom stereocenters. The van der Waals surface area contributed by atoms with Crippen molar-refractivity contribution in [3.05, 3.63) is 59.4 Å². The van der Waals surface area contributed by atoms with E-state index in [0.29, 0.717) is 31.2 Å². The molecule has 1 aliphatic heterocycles. The van der Waals surface area contributed by atoms with Gasteiger partial charge in [0.05, 0.1) is 25.9 Å². The highest BCUT2D eigenvalue weighted by Gasteiger charge is 2.25. The molecule has 0 saturated carbocycles. The highest BCUT2D eigenvalue weighted by atomic mass is 19.1. The number of ether oxygens (including phenoxy) is 3. The molecule has 1 saturated heterocycles. The predicted molar refractivity (Wildman–Crippen MR) is 99.7 cm³/mol. The number of hydrogen-bond acceptors (Lipinski definition) is 4. The molecule has 2 aromatic rings. The van der Waals surface area contributed by atoms with Crippen LogP contribution in [0.4, 0.5) is 4.39 Å². The summed E-state index contributed by atoms with van der Waals surface area (Å²) in [6.07, 6.45) is 1.84. The van der Waals surface area contributed by atoms with Gasteiger partial charge in [-0.1, -0.05) is 12.1 Å². The van der Waals surface area contributed by atoms with Gasteiger partial charge in [0.1, 0.15) is 17.3 Å². The van der Waals surface area contributed by atoms with Crippen LogP contribution in [0.3, 0.4) is 0 Å². The smallest absolute Gasteiger partial charge is 0.257 e. The van der Waals surface area contributed by atoms with E-state index in [1.54, 1.807) is 18.1 Å². The van der Waals surface area contributed by atoms with Crippen molar-refractivity contribution in [2.45, 2.75) is 25.5 Å². The minimum absolute atomic E-state index is 0.0247. The fourth-order valence-electron chi connectivity index (χ4n) is 3.21. The molecule has 1 heterocycles. The Hall–Kier alpha value is -2.60. The molecule has 0 aliphatic carbocycles. The van der Waals surface area contributed by atoms with Gasteiger partial charge in [-0.2, -0.15) is 0 Å². The van der Waals surface area contributed by atoms with Crippen molar-refractivity contribution in [3.8, 4) is 11.5 Å². The Morgan fingerprint density at radius 2 is 1.96 bits per heavy atom. The van der Waals surface area contributed by atoms with Gasteiger partial charge < -0.3 is 19.1 Å². The minimum Gasteiger partial charge on any atom is -0.497 e. The maximum Gasteiger partial charge on any atom is 0.257 e. The molecule has 6 heteroatoms. The fraction of sp³-hybridized carbons (Fsp3) is 0.381. The minimum atomic E-state index is -0.595. The van der Waals surface area contributed by atoms with Gasteiger partial charge >= 0.3 is 0 Å². The number of carbonyl (C=O) groups excluding carboxylic acids is 1. The van der Waals surface area contributed by atoms with Gasteiger partial charge in [0, 0.05) is 25.8 Å². The molecule has 3 rings (SSSR count). The Morgan fingerprint density at radius 1 is 1.19 bits per heavy atom. The van der Waals surface area contributed by atoms with Crippen molar-refractivity contribution in [1.82, 2.24) is 4.90 Å². The second-order valence-corrected chi connectivity index (χ2v) is 6.52. The summed E-state index contributed by atoms with van der Waals surface area (Å²) in [7, 11) is 3.06. The molecule has 144 valence electrons. The van der Waals surface area contributed by atoms with Crippen LogP contribution in [0.25, 0.3) is 0 Å². The predicted octanol–water partition coefficient (Wildman–Crippen LogP) is 3.66. The second kappa shape index (κ2) is 8.86. The average molecular weight is 373 g/mol. The summed E-state index contributed by atoms with van der Waals surface area (Å²) in [5.41, 5.74) is 0.936. The highest BCUT2D eigenvalue weighted by molar-refractivity contribution is 5.94. The van der Waals surface area contributed by atoms with Crippen molar-refractivity contribution in [2.24, 2.45) is 0 Å². The second-order valence-electron chi connectivity index (χ2n) is 6.52. The Labute approximate surface area is 158 Å². The lowest BCUT2D eigenvalue weighted by Crippen LogP contribution is -2.37. The van der Waals surface area contributed by atoms with Crippen molar-refractivity contribution >= 4 is 5.91 Å². The lowest BCUT2D eigenvalue weighted by atomic mass is 10.1. The van der Waals surface area contributed by atoms with Gasteiger partial charge in [-0.15, -0.1) is 0 Å². The Morgan fingerprint density at radius 3 is 2.63 bits per heavy atom. The normalized spacial score (nSPS) is 16.2. The highest BCUT2D eigenvalue weighted by Crippen LogP contribution is 2.22. The van der Waals surface area contributed by atoms with Gasteiger partial charge in [-0.25, -0.2) is 4.39 Å². The lowest BCUT2D eigenvalue weighted by molar-refractivity contribution is 0.0503. The van der Waals surface area contributed by atoms with Gasteiger partial charge in [0.25, 0.3) is 5.91 Å². The van der Waals surface area contributed by atoms with E-state index in [1.807, 2.05) is 24.3 Å². The summed E-state index contributed by atoms with van der Waals surface area (Å²) in [4.78, 5) is 14.7. The molecule has 0 N–H and O–H groups in total. The Kier molecular flexibility index (Phi) is 6.29. The van der Waals surface area contributed by atoms with Crippen molar-refractivity contribution in [1.29, 1.82) is 0 Å². The summed E-state index contributed by atoms with van der Waals surface area (Å²) in [6, 6.07) is 11.8. The van der Waals surface area contributed by atoms with Gasteiger partial charge in [0.2, 0.25) is 0 Å². The third kappa shape index (κ3) is 4.77. The van der Waals surface area contributed by atoms with Gasteiger partial charge in [-0.3, -0.25) is 4.79 Å². The molecular formula is C21H24FNO4. The van der Waals surface area contributed by atoms with Crippen LogP contribution < -0.4 is 9.47 Å². The third-order valence-electron chi connectivity index (χ3n) is 4.65. The van der Waals surface area contributed by atoms with E-state index < -0.39 is 5.82 Å². The molecule has 1 aliphatic rings. The first kappa shape index (κ1) is 19.2. The van der Waals surface area contributed by atoms with Crippen LogP contribution in [0.2, 0.25) is 0 Å². The zero-order valence-electron chi connectivity index (χ0n) is 15.6. The number of halogens is 1. The number of nitrogens with zero attached hydrogens (tertiary/aromatic N) is 1. The largest absolute Gasteiger partial charge is 0.497 e. The Balaban J connectivity index is 1.84. The van der Waals surface area contributed by atoms with Crippen LogP contribution in [0, 0.1) is 5.82 Å². The zero-order chi connectivity index (χ0) is 19.2. The van der Waals surface area contributed by atoms with Crippen LogP contribution in [0.5, 0.6) is 11.5 Å². The van der Waals surface area contributed by atoms with E-state index in [-0.39, 0.29) is 17.6 Å². The molecule has 5 nitrogen and oxygen atoms in total. The number of rotatable bonds is 7. The number of carbonyl (C=O) groups is 1. The van der Waals surface area contributed by atoms with Crippen molar-refractivity contribution in [3.63, 3.8) is 0 Å². The SMILES string of the molecule is COc1cccc(CN(CC2CCCO2)C(=O)c2ccc(OC)cc2F)c1. The van der Waals surface area contributed by atoms with Crippen molar-refractivity contribution in [2.75, 3.05) is 27.4 Å².